The van der Waals surface area contributed by atoms with E-state index < -0.39 is 0 Å². The quantitative estimate of drug-likeness (QED) is 0.685. The van der Waals surface area contributed by atoms with E-state index in [1.807, 2.05) is 0 Å². The van der Waals surface area contributed by atoms with Crippen molar-refractivity contribution in [2.45, 2.75) is 19.4 Å². The Labute approximate surface area is 77.2 Å². The Kier molecular flexibility index (Phi) is 4.29. The third kappa shape index (κ3) is 2.93. The van der Waals surface area contributed by atoms with Gasteiger partial charge in [0.25, 0.3) is 0 Å². The first-order valence-electron chi connectivity index (χ1n) is 4.22. The zero-order valence-electron chi connectivity index (χ0n) is 7.29. The smallest absolute Gasteiger partial charge is 0.0443 e. The van der Waals surface area contributed by atoms with Crippen LogP contribution in [-0.2, 0) is 0 Å². The average Bonchev–Trinajstić information content (AvgIpc) is 2.56. The molecule has 1 aromatic rings. The molecule has 1 atom stereocenters. The van der Waals surface area contributed by atoms with Crippen molar-refractivity contribution in [2.75, 3.05) is 13.2 Å². The van der Waals surface area contributed by atoms with Crippen LogP contribution in [0.5, 0.6) is 0 Å². The van der Waals surface area contributed by atoms with E-state index in [2.05, 4.69) is 29.8 Å². The third-order valence-electron chi connectivity index (χ3n) is 1.76. The fourth-order valence-corrected chi connectivity index (χ4v) is 1.79. The van der Waals surface area contributed by atoms with Crippen molar-refractivity contribution in [3.63, 3.8) is 0 Å². The van der Waals surface area contributed by atoms with Gasteiger partial charge in [-0.2, -0.15) is 0 Å². The molecule has 1 aromatic heterocycles. The van der Waals surface area contributed by atoms with Crippen molar-refractivity contribution < 1.29 is 5.11 Å². The Morgan fingerprint density at radius 3 is 3.08 bits per heavy atom. The highest BCUT2D eigenvalue weighted by Crippen LogP contribution is 2.17. The van der Waals surface area contributed by atoms with Crippen LogP contribution in [-0.4, -0.2) is 18.3 Å². The summed E-state index contributed by atoms with van der Waals surface area (Å²) in [6.07, 6.45) is 0.829. The molecule has 0 spiro atoms. The Balaban J connectivity index is 2.25. The molecule has 0 aliphatic rings. The van der Waals surface area contributed by atoms with Gasteiger partial charge in [0.15, 0.2) is 0 Å². The zero-order chi connectivity index (χ0) is 8.81. The van der Waals surface area contributed by atoms with E-state index in [1.165, 1.54) is 4.88 Å². The standard InChI is InChI=1S/C9H15NOS/c1-8(10-5-3-6-11)9-4-2-7-12-9/h2,4,7-8,10-11H,3,5-6H2,1H3. The summed E-state index contributed by atoms with van der Waals surface area (Å²) in [4.78, 5) is 1.35. The predicted octanol–water partition coefficient (Wildman–Crippen LogP) is 1.78. The lowest BCUT2D eigenvalue weighted by atomic mass is 10.2. The molecule has 0 aliphatic heterocycles. The molecule has 68 valence electrons. The third-order valence-corrected chi connectivity index (χ3v) is 2.81. The molecule has 0 bridgehead atoms. The first kappa shape index (κ1) is 9.71. The van der Waals surface area contributed by atoms with Crippen LogP contribution in [0, 0.1) is 0 Å². The lowest BCUT2D eigenvalue weighted by Crippen LogP contribution is -2.19. The molecule has 0 amide bonds. The van der Waals surface area contributed by atoms with Gasteiger partial charge < -0.3 is 10.4 Å². The monoisotopic (exact) mass is 185 g/mol. The minimum atomic E-state index is 0.268. The van der Waals surface area contributed by atoms with Crippen LogP contribution in [0.25, 0.3) is 0 Å². The Morgan fingerprint density at radius 1 is 1.67 bits per heavy atom. The summed E-state index contributed by atoms with van der Waals surface area (Å²) in [7, 11) is 0. The van der Waals surface area contributed by atoms with E-state index in [1.54, 1.807) is 11.3 Å². The molecule has 12 heavy (non-hydrogen) atoms. The normalized spacial score (nSPS) is 13.2. The molecule has 2 nitrogen and oxygen atoms in total. The highest BCUT2D eigenvalue weighted by Gasteiger charge is 2.03. The van der Waals surface area contributed by atoms with Gasteiger partial charge in [0.1, 0.15) is 0 Å². The molecule has 1 rings (SSSR count). The van der Waals surface area contributed by atoms with E-state index in [-0.39, 0.29) is 6.61 Å². The molecule has 0 saturated carbocycles. The summed E-state index contributed by atoms with van der Waals surface area (Å²) >= 11 is 1.76. The summed E-state index contributed by atoms with van der Waals surface area (Å²) < 4.78 is 0. The highest BCUT2D eigenvalue weighted by atomic mass is 32.1. The number of aliphatic hydroxyl groups excluding tert-OH is 1. The lowest BCUT2D eigenvalue weighted by molar-refractivity contribution is 0.284. The zero-order valence-corrected chi connectivity index (χ0v) is 8.10. The maximum atomic E-state index is 8.57. The number of hydrogen-bond acceptors (Lipinski definition) is 3. The van der Waals surface area contributed by atoms with Gasteiger partial charge in [0, 0.05) is 17.5 Å². The number of thiophene rings is 1. The minimum absolute atomic E-state index is 0.268. The van der Waals surface area contributed by atoms with E-state index >= 15 is 0 Å². The maximum absolute atomic E-state index is 8.57. The molecule has 0 aromatic carbocycles. The number of rotatable bonds is 5. The number of hydrogen-bond donors (Lipinski definition) is 2. The molecule has 0 radical (unpaired) electrons. The topological polar surface area (TPSA) is 32.3 Å². The van der Waals surface area contributed by atoms with Gasteiger partial charge in [-0.25, -0.2) is 0 Å². The summed E-state index contributed by atoms with van der Waals surface area (Å²) in [6.45, 7) is 3.29. The Morgan fingerprint density at radius 2 is 2.50 bits per heavy atom. The SMILES string of the molecule is CC(NCCCO)c1cccs1. The summed E-state index contributed by atoms with van der Waals surface area (Å²) in [5, 5.41) is 14.0. The molecule has 0 fully saturated rings. The highest BCUT2D eigenvalue weighted by molar-refractivity contribution is 7.10. The van der Waals surface area contributed by atoms with Crippen LogP contribution in [0.3, 0.4) is 0 Å². The second kappa shape index (κ2) is 5.30. The van der Waals surface area contributed by atoms with Crippen LogP contribution < -0.4 is 5.32 Å². The van der Waals surface area contributed by atoms with Crippen molar-refractivity contribution in [1.82, 2.24) is 5.32 Å². The summed E-state index contributed by atoms with van der Waals surface area (Å²) in [5.74, 6) is 0. The Bertz CT molecular complexity index is 198. The van der Waals surface area contributed by atoms with Crippen molar-refractivity contribution in [3.05, 3.63) is 22.4 Å². The van der Waals surface area contributed by atoms with Crippen molar-refractivity contribution in [3.8, 4) is 0 Å². The molecule has 1 heterocycles. The largest absolute Gasteiger partial charge is 0.396 e. The number of aliphatic hydroxyl groups is 1. The predicted molar refractivity (Wildman–Crippen MR) is 52.4 cm³/mol. The molecular formula is C9H15NOS. The molecule has 0 aliphatic carbocycles. The maximum Gasteiger partial charge on any atom is 0.0443 e. The van der Waals surface area contributed by atoms with Gasteiger partial charge in [-0.1, -0.05) is 6.07 Å². The van der Waals surface area contributed by atoms with Gasteiger partial charge in [0.05, 0.1) is 0 Å². The van der Waals surface area contributed by atoms with E-state index in [4.69, 9.17) is 5.11 Å². The van der Waals surface area contributed by atoms with Gasteiger partial charge >= 0.3 is 0 Å². The van der Waals surface area contributed by atoms with Crippen molar-refractivity contribution >= 4 is 11.3 Å². The van der Waals surface area contributed by atoms with Gasteiger partial charge in [0.2, 0.25) is 0 Å². The Hall–Kier alpha value is -0.380. The van der Waals surface area contributed by atoms with Gasteiger partial charge in [-0.05, 0) is 31.3 Å². The van der Waals surface area contributed by atoms with E-state index in [0.29, 0.717) is 6.04 Å². The van der Waals surface area contributed by atoms with Crippen LogP contribution in [0.4, 0.5) is 0 Å². The van der Waals surface area contributed by atoms with Gasteiger partial charge in [-0.3, -0.25) is 0 Å². The molecule has 0 saturated heterocycles. The first-order chi connectivity index (χ1) is 5.84. The number of nitrogens with one attached hydrogen (secondary N) is 1. The second-order valence-corrected chi connectivity index (χ2v) is 3.75. The van der Waals surface area contributed by atoms with Crippen molar-refractivity contribution in [1.29, 1.82) is 0 Å². The van der Waals surface area contributed by atoms with Gasteiger partial charge in [-0.15, -0.1) is 11.3 Å². The van der Waals surface area contributed by atoms with Crippen LogP contribution in [0.15, 0.2) is 17.5 Å². The van der Waals surface area contributed by atoms with E-state index in [0.717, 1.165) is 13.0 Å². The molecule has 3 heteroatoms. The first-order valence-corrected chi connectivity index (χ1v) is 5.10. The molecule has 1 unspecified atom stereocenters. The van der Waals surface area contributed by atoms with Crippen LogP contribution >= 0.6 is 11.3 Å². The average molecular weight is 185 g/mol. The van der Waals surface area contributed by atoms with Crippen LogP contribution in [0.1, 0.15) is 24.3 Å². The molecule has 2 N–H and O–H groups in total. The fraction of sp³-hybridized carbons (Fsp3) is 0.556. The fourth-order valence-electron chi connectivity index (χ4n) is 1.04. The van der Waals surface area contributed by atoms with E-state index in [9.17, 15) is 0 Å². The molecular weight excluding hydrogens is 170 g/mol. The van der Waals surface area contributed by atoms with Crippen LogP contribution in [0.2, 0.25) is 0 Å². The summed E-state index contributed by atoms with van der Waals surface area (Å²) in [5.41, 5.74) is 0. The minimum Gasteiger partial charge on any atom is -0.396 e. The second-order valence-electron chi connectivity index (χ2n) is 2.77. The summed E-state index contributed by atoms with van der Waals surface area (Å²) in [6, 6.07) is 4.60. The van der Waals surface area contributed by atoms with Crippen molar-refractivity contribution in [2.24, 2.45) is 0 Å². The lowest BCUT2D eigenvalue weighted by Gasteiger charge is -2.10.